The topological polar surface area (TPSA) is 47.6 Å². The number of rotatable bonds is 5. The third kappa shape index (κ3) is 4.65. The molecule has 0 radical (unpaired) electrons. The zero-order chi connectivity index (χ0) is 22.8. The molecule has 1 fully saturated rings. The van der Waals surface area contributed by atoms with Gasteiger partial charge in [-0.3, -0.25) is 0 Å². The van der Waals surface area contributed by atoms with Gasteiger partial charge in [-0.2, -0.15) is 5.26 Å². The minimum atomic E-state index is 0.667. The van der Waals surface area contributed by atoms with Crippen molar-refractivity contribution in [2.24, 2.45) is 0 Å². The van der Waals surface area contributed by atoms with Gasteiger partial charge in [0.05, 0.1) is 23.0 Å². The fourth-order valence-corrected chi connectivity index (χ4v) is 4.54. The molecule has 0 amide bonds. The molecule has 2 aromatic carbocycles. The summed E-state index contributed by atoms with van der Waals surface area (Å²) in [4.78, 5) is 9.92. The summed E-state index contributed by atoms with van der Waals surface area (Å²) in [5.41, 5.74) is 7.09. The number of halogens is 1. The first-order valence-corrected chi connectivity index (χ1v) is 11.7. The molecular formula is C27H26ClN5. The van der Waals surface area contributed by atoms with Gasteiger partial charge in [-0.05, 0) is 54.6 Å². The number of hydrogen-bond donors (Lipinski definition) is 0. The zero-order valence-corrected chi connectivity index (χ0v) is 19.5. The van der Waals surface area contributed by atoms with Gasteiger partial charge < -0.3 is 14.2 Å². The average Bonchev–Trinajstić information content (AvgIpc) is 3.22. The maximum absolute atomic E-state index is 9.11. The summed E-state index contributed by atoms with van der Waals surface area (Å²) in [6, 6.07) is 22.0. The minimum Gasteiger partial charge on any atom is -0.304 e. The Hall–Kier alpha value is -3.17. The minimum absolute atomic E-state index is 0.667. The van der Waals surface area contributed by atoms with Gasteiger partial charge in [0.1, 0.15) is 5.65 Å². The van der Waals surface area contributed by atoms with Gasteiger partial charge >= 0.3 is 0 Å². The number of nitrogens with zero attached hydrogens (tertiary/aromatic N) is 5. The van der Waals surface area contributed by atoms with Crippen molar-refractivity contribution in [3.63, 3.8) is 0 Å². The van der Waals surface area contributed by atoms with E-state index in [-0.39, 0.29) is 0 Å². The second-order valence-corrected chi connectivity index (χ2v) is 9.08. The van der Waals surface area contributed by atoms with Crippen LogP contribution in [0.2, 0.25) is 5.02 Å². The highest BCUT2D eigenvalue weighted by atomic mass is 35.5. The monoisotopic (exact) mass is 455 g/mol. The average molecular weight is 456 g/mol. The van der Waals surface area contributed by atoms with Crippen molar-refractivity contribution in [3.8, 4) is 28.5 Å². The summed E-state index contributed by atoms with van der Waals surface area (Å²) in [7, 11) is 2.19. The van der Waals surface area contributed by atoms with Crippen LogP contribution in [-0.4, -0.2) is 59.0 Å². The summed E-state index contributed by atoms with van der Waals surface area (Å²) in [6.07, 6.45) is 3.09. The molecule has 1 saturated heterocycles. The molecule has 33 heavy (non-hydrogen) atoms. The predicted molar refractivity (Wildman–Crippen MR) is 133 cm³/mol. The van der Waals surface area contributed by atoms with Gasteiger partial charge in [-0.15, -0.1) is 0 Å². The van der Waals surface area contributed by atoms with Gasteiger partial charge in [-0.25, -0.2) is 4.98 Å². The summed E-state index contributed by atoms with van der Waals surface area (Å²) >= 11 is 6.15. The van der Waals surface area contributed by atoms with Crippen molar-refractivity contribution >= 4 is 17.2 Å². The lowest BCUT2D eigenvalue weighted by atomic mass is 10.1. The molecule has 0 saturated carbocycles. The van der Waals surface area contributed by atoms with Gasteiger partial charge in [-0.1, -0.05) is 35.9 Å². The quantitative estimate of drug-likeness (QED) is 0.425. The number of imidazole rings is 1. The van der Waals surface area contributed by atoms with Crippen LogP contribution in [0, 0.1) is 11.3 Å². The fraction of sp³-hybridized carbons (Fsp3) is 0.259. The van der Waals surface area contributed by atoms with Crippen molar-refractivity contribution in [2.75, 3.05) is 39.8 Å². The lowest BCUT2D eigenvalue weighted by Crippen LogP contribution is -2.45. The third-order valence-electron chi connectivity index (χ3n) is 6.44. The molecule has 0 bridgehead atoms. The first-order chi connectivity index (χ1) is 16.1. The fourth-order valence-electron chi connectivity index (χ4n) is 4.41. The molecule has 0 spiro atoms. The maximum atomic E-state index is 9.11. The third-order valence-corrected chi connectivity index (χ3v) is 6.70. The lowest BCUT2D eigenvalue weighted by Gasteiger charge is -2.32. The summed E-state index contributed by atoms with van der Waals surface area (Å²) in [5.74, 6) is 0. The van der Waals surface area contributed by atoms with Crippen molar-refractivity contribution < 1.29 is 0 Å². The van der Waals surface area contributed by atoms with Crippen molar-refractivity contribution in [1.82, 2.24) is 19.2 Å². The number of hydrogen-bond acceptors (Lipinski definition) is 4. The highest BCUT2D eigenvalue weighted by molar-refractivity contribution is 6.30. The Morgan fingerprint density at radius 1 is 0.879 bits per heavy atom. The molecule has 0 aliphatic carbocycles. The van der Waals surface area contributed by atoms with Crippen LogP contribution < -0.4 is 0 Å². The van der Waals surface area contributed by atoms with Crippen LogP contribution in [-0.2, 0) is 6.42 Å². The van der Waals surface area contributed by atoms with Gasteiger partial charge in [0.15, 0.2) is 0 Å². The van der Waals surface area contributed by atoms with Crippen molar-refractivity contribution in [1.29, 1.82) is 5.26 Å². The Bertz CT molecular complexity index is 1290. The molecule has 6 heteroatoms. The normalized spacial score (nSPS) is 15.1. The maximum Gasteiger partial charge on any atom is 0.137 e. The lowest BCUT2D eigenvalue weighted by molar-refractivity contribution is 0.155. The summed E-state index contributed by atoms with van der Waals surface area (Å²) < 4.78 is 2.23. The number of fused-ring (bicyclic) bond motifs is 1. The Balaban J connectivity index is 1.53. The van der Waals surface area contributed by atoms with Crippen LogP contribution in [0.1, 0.15) is 11.3 Å². The summed E-state index contributed by atoms with van der Waals surface area (Å²) in [5, 5.41) is 9.84. The molecule has 5 nitrogen and oxygen atoms in total. The second-order valence-electron chi connectivity index (χ2n) is 8.64. The predicted octanol–water partition coefficient (Wildman–Crippen LogP) is 4.98. The van der Waals surface area contributed by atoms with Crippen molar-refractivity contribution in [3.05, 3.63) is 83.1 Å². The first kappa shape index (κ1) is 21.7. The number of aromatic nitrogens is 2. The Labute approximate surface area is 199 Å². The highest BCUT2D eigenvalue weighted by Gasteiger charge is 2.18. The molecule has 166 valence electrons. The Morgan fingerprint density at radius 2 is 1.55 bits per heavy atom. The molecule has 0 N–H and O–H groups in total. The van der Waals surface area contributed by atoms with E-state index >= 15 is 0 Å². The van der Waals surface area contributed by atoms with Crippen LogP contribution in [0.5, 0.6) is 0 Å². The Morgan fingerprint density at radius 3 is 2.24 bits per heavy atom. The zero-order valence-electron chi connectivity index (χ0n) is 18.7. The number of likely N-dealkylation sites (N-methyl/N-ethyl adjacent to an activating group) is 1. The molecule has 4 aromatic rings. The van der Waals surface area contributed by atoms with Crippen LogP contribution in [0.15, 0.2) is 66.9 Å². The summed E-state index contributed by atoms with van der Waals surface area (Å²) in [6.45, 7) is 5.42. The van der Waals surface area contributed by atoms with E-state index in [4.69, 9.17) is 21.8 Å². The van der Waals surface area contributed by atoms with E-state index in [2.05, 4.69) is 45.6 Å². The highest BCUT2D eigenvalue weighted by Crippen LogP contribution is 2.29. The number of benzene rings is 2. The van der Waals surface area contributed by atoms with Gasteiger partial charge in [0.25, 0.3) is 0 Å². The molecule has 0 atom stereocenters. The second kappa shape index (κ2) is 9.36. The first-order valence-electron chi connectivity index (χ1n) is 11.3. The molecule has 5 rings (SSSR count). The van der Waals surface area contributed by atoms with Gasteiger partial charge in [0.2, 0.25) is 0 Å². The largest absolute Gasteiger partial charge is 0.304 e. The van der Waals surface area contributed by atoms with E-state index < -0.39 is 0 Å². The number of nitriles is 1. The van der Waals surface area contributed by atoms with Crippen molar-refractivity contribution in [2.45, 2.75) is 6.42 Å². The standard InChI is InChI=1S/C27H26ClN5/c1-31-14-16-32(17-15-31)13-12-25-27(22-6-9-24(28)10-7-22)30-26-11-8-23(19-33(25)26)21-4-2-20(18-29)3-5-21/h2-11,19H,12-17H2,1H3. The van der Waals surface area contributed by atoms with E-state index in [0.29, 0.717) is 5.56 Å². The van der Waals surface area contributed by atoms with Crippen LogP contribution in [0.3, 0.4) is 0 Å². The number of piperazine rings is 1. The molecule has 2 aromatic heterocycles. The van der Waals surface area contributed by atoms with E-state index in [9.17, 15) is 0 Å². The van der Waals surface area contributed by atoms with E-state index in [0.717, 1.165) is 72.2 Å². The van der Waals surface area contributed by atoms with Crippen LogP contribution in [0.4, 0.5) is 0 Å². The molecule has 1 aliphatic heterocycles. The SMILES string of the molecule is CN1CCN(CCc2c(-c3ccc(Cl)cc3)nc3ccc(-c4ccc(C#N)cc4)cn23)CC1. The van der Waals surface area contributed by atoms with E-state index in [1.807, 2.05) is 48.5 Å². The van der Waals surface area contributed by atoms with E-state index in [1.165, 1.54) is 5.69 Å². The van der Waals surface area contributed by atoms with E-state index in [1.54, 1.807) is 0 Å². The molecular weight excluding hydrogens is 430 g/mol. The van der Waals surface area contributed by atoms with Crippen LogP contribution in [0.25, 0.3) is 28.0 Å². The number of pyridine rings is 1. The molecule has 0 unspecified atom stereocenters. The van der Waals surface area contributed by atoms with Gasteiger partial charge in [0, 0.05) is 55.9 Å². The van der Waals surface area contributed by atoms with Crippen LogP contribution >= 0.6 is 11.6 Å². The molecule has 3 heterocycles. The Kier molecular flexibility index (Phi) is 6.15. The smallest absolute Gasteiger partial charge is 0.137 e. The molecule has 1 aliphatic rings.